The Morgan fingerprint density at radius 3 is 2.25 bits per heavy atom. The van der Waals surface area contributed by atoms with E-state index in [1.54, 1.807) is 0 Å². The second-order valence-electron chi connectivity index (χ2n) is 7.28. The van der Waals surface area contributed by atoms with E-state index in [0.717, 1.165) is 19.4 Å². The van der Waals surface area contributed by atoms with E-state index in [9.17, 15) is 5.11 Å². The van der Waals surface area contributed by atoms with Crippen molar-refractivity contribution in [2.24, 2.45) is 0 Å². The summed E-state index contributed by atoms with van der Waals surface area (Å²) >= 11 is 0. The van der Waals surface area contributed by atoms with E-state index >= 15 is 0 Å². The van der Waals surface area contributed by atoms with Crippen LogP contribution in [0.5, 0.6) is 0 Å². The number of aliphatic hydroxyl groups is 1. The monoisotopic (exact) mass is 275 g/mol. The van der Waals surface area contributed by atoms with Crippen LogP contribution in [0.25, 0.3) is 0 Å². The summed E-state index contributed by atoms with van der Waals surface area (Å²) in [5, 5.41) is 10.1. The summed E-state index contributed by atoms with van der Waals surface area (Å²) in [4.78, 5) is 2.32. The molecule has 0 aromatic heterocycles. The van der Waals surface area contributed by atoms with E-state index < -0.39 is 0 Å². The first-order chi connectivity index (χ1) is 9.38. The summed E-state index contributed by atoms with van der Waals surface area (Å²) in [5.74, 6) is 0. The van der Waals surface area contributed by atoms with Gasteiger partial charge in [0.15, 0.2) is 0 Å². The van der Waals surface area contributed by atoms with Crippen LogP contribution in [0.15, 0.2) is 24.3 Å². The van der Waals surface area contributed by atoms with E-state index in [1.807, 2.05) is 0 Å². The van der Waals surface area contributed by atoms with Gasteiger partial charge in [0.05, 0.1) is 6.10 Å². The quantitative estimate of drug-likeness (QED) is 0.909. The van der Waals surface area contributed by atoms with E-state index in [1.165, 1.54) is 24.0 Å². The van der Waals surface area contributed by atoms with Crippen LogP contribution in [0, 0.1) is 0 Å². The predicted molar refractivity (Wildman–Crippen MR) is 84.9 cm³/mol. The van der Waals surface area contributed by atoms with Crippen molar-refractivity contribution in [2.45, 2.75) is 70.6 Å². The number of likely N-dealkylation sites (N-methyl/N-ethyl adjacent to an activating group) is 1. The van der Waals surface area contributed by atoms with Crippen LogP contribution in [0.2, 0.25) is 0 Å². The normalized spacial score (nSPS) is 24.1. The maximum Gasteiger partial charge on any atom is 0.0695 e. The van der Waals surface area contributed by atoms with Gasteiger partial charge in [-0.3, -0.25) is 4.90 Å². The van der Waals surface area contributed by atoms with Gasteiger partial charge in [-0.05, 0) is 36.4 Å². The van der Waals surface area contributed by atoms with Gasteiger partial charge in [0.1, 0.15) is 0 Å². The Hall–Kier alpha value is -0.860. The number of aliphatic hydroxyl groups excluding tert-OH is 1. The largest absolute Gasteiger partial charge is 0.391 e. The molecule has 20 heavy (non-hydrogen) atoms. The third-order valence-electron chi connectivity index (χ3n) is 4.51. The Bertz CT molecular complexity index is 418. The average molecular weight is 275 g/mol. The number of rotatable bonds is 3. The molecule has 1 aromatic carbocycles. The average Bonchev–Trinajstić information content (AvgIpc) is 2.38. The van der Waals surface area contributed by atoms with Crippen LogP contribution in [0.3, 0.4) is 0 Å². The Morgan fingerprint density at radius 1 is 1.10 bits per heavy atom. The zero-order valence-electron chi connectivity index (χ0n) is 13.4. The van der Waals surface area contributed by atoms with E-state index in [4.69, 9.17) is 0 Å². The maximum absolute atomic E-state index is 10.1. The molecule has 1 aromatic rings. The summed E-state index contributed by atoms with van der Waals surface area (Å²) in [5.41, 5.74) is 2.92. The van der Waals surface area contributed by atoms with Crippen molar-refractivity contribution in [1.29, 1.82) is 0 Å². The van der Waals surface area contributed by atoms with E-state index in [0.29, 0.717) is 6.04 Å². The standard InChI is InChI=1S/C18H29NO/c1-18(2,3)15-11-9-14(10-12-15)13-19(4)16-7-5-6-8-17(16)20/h9-12,16-17,20H,5-8,13H2,1-4H3. The van der Waals surface area contributed by atoms with Gasteiger partial charge in [0, 0.05) is 12.6 Å². The predicted octanol–water partition coefficient (Wildman–Crippen LogP) is 3.72. The van der Waals surface area contributed by atoms with Crippen molar-refractivity contribution >= 4 is 0 Å². The number of nitrogens with zero attached hydrogens (tertiary/aromatic N) is 1. The van der Waals surface area contributed by atoms with Gasteiger partial charge in [-0.15, -0.1) is 0 Å². The zero-order chi connectivity index (χ0) is 14.8. The molecule has 0 bridgehead atoms. The summed E-state index contributed by atoms with van der Waals surface area (Å²) in [6.07, 6.45) is 4.35. The minimum Gasteiger partial charge on any atom is -0.391 e. The first kappa shape index (κ1) is 15.5. The molecule has 1 N–H and O–H groups in total. The Labute approximate surface area is 123 Å². The fourth-order valence-electron chi connectivity index (χ4n) is 3.12. The molecular formula is C18H29NO. The molecule has 0 heterocycles. The third-order valence-corrected chi connectivity index (χ3v) is 4.51. The lowest BCUT2D eigenvalue weighted by Crippen LogP contribution is -2.42. The second kappa shape index (κ2) is 6.28. The highest BCUT2D eigenvalue weighted by atomic mass is 16.3. The molecule has 2 nitrogen and oxygen atoms in total. The fraction of sp³-hybridized carbons (Fsp3) is 0.667. The first-order valence-corrected chi connectivity index (χ1v) is 7.85. The van der Waals surface area contributed by atoms with Crippen LogP contribution in [0.1, 0.15) is 57.6 Å². The summed E-state index contributed by atoms with van der Waals surface area (Å²) < 4.78 is 0. The Balaban J connectivity index is 1.99. The van der Waals surface area contributed by atoms with Crippen LogP contribution >= 0.6 is 0 Å². The molecular weight excluding hydrogens is 246 g/mol. The number of hydrogen-bond donors (Lipinski definition) is 1. The summed E-state index contributed by atoms with van der Waals surface area (Å²) in [6.45, 7) is 7.65. The maximum atomic E-state index is 10.1. The molecule has 0 amide bonds. The summed E-state index contributed by atoms with van der Waals surface area (Å²) in [7, 11) is 2.14. The Kier molecular flexibility index (Phi) is 4.87. The topological polar surface area (TPSA) is 23.5 Å². The number of hydrogen-bond acceptors (Lipinski definition) is 2. The molecule has 2 rings (SSSR count). The minimum absolute atomic E-state index is 0.150. The molecule has 0 spiro atoms. The van der Waals surface area contributed by atoms with Gasteiger partial charge in [-0.25, -0.2) is 0 Å². The zero-order valence-corrected chi connectivity index (χ0v) is 13.4. The highest BCUT2D eigenvalue weighted by molar-refractivity contribution is 5.27. The van der Waals surface area contributed by atoms with Crippen molar-refractivity contribution in [2.75, 3.05) is 7.05 Å². The molecule has 1 saturated carbocycles. The highest BCUT2D eigenvalue weighted by Crippen LogP contribution is 2.25. The van der Waals surface area contributed by atoms with Crippen molar-refractivity contribution in [3.63, 3.8) is 0 Å². The Morgan fingerprint density at radius 2 is 1.70 bits per heavy atom. The molecule has 112 valence electrons. The molecule has 0 aliphatic heterocycles. The minimum atomic E-state index is -0.150. The number of benzene rings is 1. The van der Waals surface area contributed by atoms with Gasteiger partial charge in [0.25, 0.3) is 0 Å². The van der Waals surface area contributed by atoms with Gasteiger partial charge in [-0.2, -0.15) is 0 Å². The van der Waals surface area contributed by atoms with Crippen molar-refractivity contribution in [3.8, 4) is 0 Å². The molecule has 2 unspecified atom stereocenters. The summed E-state index contributed by atoms with van der Waals surface area (Å²) in [6, 6.07) is 9.26. The second-order valence-corrected chi connectivity index (χ2v) is 7.28. The molecule has 1 aliphatic carbocycles. The molecule has 2 heteroatoms. The van der Waals surface area contributed by atoms with Crippen LogP contribution < -0.4 is 0 Å². The molecule has 0 saturated heterocycles. The molecule has 1 fully saturated rings. The van der Waals surface area contributed by atoms with Gasteiger partial charge >= 0.3 is 0 Å². The van der Waals surface area contributed by atoms with Gasteiger partial charge in [0.2, 0.25) is 0 Å². The SMILES string of the molecule is CN(Cc1ccc(C(C)(C)C)cc1)C1CCCCC1O. The van der Waals surface area contributed by atoms with Crippen molar-refractivity contribution < 1.29 is 5.11 Å². The van der Waals surface area contributed by atoms with Crippen LogP contribution in [0.4, 0.5) is 0 Å². The van der Waals surface area contributed by atoms with Gasteiger partial charge in [-0.1, -0.05) is 57.9 Å². The lowest BCUT2D eigenvalue weighted by Gasteiger charge is -2.35. The van der Waals surface area contributed by atoms with Crippen LogP contribution in [-0.2, 0) is 12.0 Å². The third kappa shape index (κ3) is 3.83. The molecule has 2 atom stereocenters. The fourth-order valence-corrected chi connectivity index (χ4v) is 3.12. The molecule has 1 aliphatic rings. The lowest BCUT2D eigenvalue weighted by atomic mass is 9.86. The first-order valence-electron chi connectivity index (χ1n) is 7.85. The van der Waals surface area contributed by atoms with Crippen molar-refractivity contribution in [3.05, 3.63) is 35.4 Å². The lowest BCUT2D eigenvalue weighted by molar-refractivity contribution is 0.0288. The molecule has 0 radical (unpaired) electrons. The van der Waals surface area contributed by atoms with Crippen LogP contribution in [-0.4, -0.2) is 29.2 Å². The van der Waals surface area contributed by atoms with E-state index in [-0.39, 0.29) is 11.5 Å². The van der Waals surface area contributed by atoms with Gasteiger partial charge < -0.3 is 5.11 Å². The highest BCUT2D eigenvalue weighted by Gasteiger charge is 2.26. The van der Waals surface area contributed by atoms with E-state index in [2.05, 4.69) is 57.0 Å². The smallest absolute Gasteiger partial charge is 0.0695 e. The van der Waals surface area contributed by atoms with Crippen molar-refractivity contribution in [1.82, 2.24) is 4.90 Å².